The summed E-state index contributed by atoms with van der Waals surface area (Å²) in [6.45, 7) is 0.986. The SMILES string of the molecule is CN(C)CCSc1cccnc1-c1nc(=O)c2ccccc2s1. The van der Waals surface area contributed by atoms with E-state index in [1.54, 1.807) is 18.0 Å². The van der Waals surface area contributed by atoms with Crippen LogP contribution >= 0.6 is 23.1 Å². The molecule has 0 fully saturated rings. The predicted molar refractivity (Wildman–Crippen MR) is 98.4 cm³/mol. The summed E-state index contributed by atoms with van der Waals surface area (Å²) >= 11 is 3.25. The third-order valence-electron chi connectivity index (χ3n) is 3.30. The molecule has 0 N–H and O–H groups in total. The number of pyridine rings is 1. The zero-order chi connectivity index (χ0) is 16.2. The van der Waals surface area contributed by atoms with E-state index in [0.29, 0.717) is 10.4 Å². The van der Waals surface area contributed by atoms with Crippen molar-refractivity contribution >= 4 is 33.2 Å². The Kier molecular flexibility index (Phi) is 5.05. The molecular formula is C17H17N3OS2. The van der Waals surface area contributed by atoms with E-state index in [9.17, 15) is 4.79 Å². The minimum absolute atomic E-state index is 0.191. The quantitative estimate of drug-likeness (QED) is 0.665. The lowest BCUT2D eigenvalue weighted by atomic mass is 10.3. The van der Waals surface area contributed by atoms with E-state index in [0.717, 1.165) is 27.6 Å². The van der Waals surface area contributed by atoms with Gasteiger partial charge in [0.2, 0.25) is 0 Å². The molecule has 2 aromatic heterocycles. The number of aromatic nitrogens is 2. The molecule has 1 aromatic carbocycles. The number of hydrogen-bond donors (Lipinski definition) is 0. The maximum absolute atomic E-state index is 12.2. The zero-order valence-corrected chi connectivity index (χ0v) is 14.7. The second-order valence-electron chi connectivity index (χ2n) is 5.32. The van der Waals surface area contributed by atoms with E-state index in [1.807, 2.05) is 36.4 Å². The molecule has 0 saturated heterocycles. The maximum Gasteiger partial charge on any atom is 0.279 e. The second-order valence-corrected chi connectivity index (χ2v) is 7.49. The van der Waals surface area contributed by atoms with Crippen LogP contribution in [0.15, 0.2) is 52.3 Å². The van der Waals surface area contributed by atoms with Gasteiger partial charge in [-0.1, -0.05) is 12.1 Å². The smallest absolute Gasteiger partial charge is 0.279 e. The van der Waals surface area contributed by atoms with Gasteiger partial charge in [-0.2, -0.15) is 4.98 Å². The average molecular weight is 343 g/mol. The number of thioether (sulfide) groups is 1. The van der Waals surface area contributed by atoms with Crippen LogP contribution in [0.5, 0.6) is 0 Å². The highest BCUT2D eigenvalue weighted by Crippen LogP contribution is 2.32. The maximum atomic E-state index is 12.2. The first-order valence-electron chi connectivity index (χ1n) is 7.28. The number of hydrogen-bond acceptors (Lipinski definition) is 6. The lowest BCUT2D eigenvalue weighted by Crippen LogP contribution is -2.14. The molecule has 0 saturated carbocycles. The van der Waals surface area contributed by atoms with Gasteiger partial charge in [-0.25, -0.2) is 0 Å². The topological polar surface area (TPSA) is 46.1 Å². The standard InChI is InChI=1S/C17H17N3OS2/c1-20(2)10-11-22-14-8-5-9-18-15(14)17-19-16(21)12-6-3-4-7-13(12)23-17/h3-9H,10-11H2,1-2H3. The van der Waals surface area contributed by atoms with Gasteiger partial charge >= 0.3 is 0 Å². The lowest BCUT2D eigenvalue weighted by molar-refractivity contribution is 0.437. The van der Waals surface area contributed by atoms with Crippen LogP contribution < -0.4 is 5.56 Å². The fourth-order valence-corrected chi connectivity index (χ4v) is 4.33. The summed E-state index contributed by atoms with van der Waals surface area (Å²) in [5, 5.41) is 1.35. The van der Waals surface area contributed by atoms with Crippen LogP contribution in [0.25, 0.3) is 20.8 Å². The van der Waals surface area contributed by atoms with Gasteiger partial charge in [0.1, 0.15) is 10.7 Å². The molecule has 0 amide bonds. The molecule has 0 radical (unpaired) electrons. The minimum atomic E-state index is -0.191. The molecule has 3 rings (SSSR count). The molecule has 0 aliphatic heterocycles. The van der Waals surface area contributed by atoms with Gasteiger partial charge in [0.25, 0.3) is 5.56 Å². The summed E-state index contributed by atoms with van der Waals surface area (Å²) in [5.74, 6) is 0.966. The van der Waals surface area contributed by atoms with E-state index in [1.165, 1.54) is 11.3 Å². The molecule has 0 spiro atoms. The van der Waals surface area contributed by atoms with Crippen molar-refractivity contribution < 1.29 is 0 Å². The second kappa shape index (κ2) is 7.21. The molecule has 3 aromatic rings. The zero-order valence-electron chi connectivity index (χ0n) is 13.0. The van der Waals surface area contributed by atoms with Crippen molar-refractivity contribution in [3.8, 4) is 10.7 Å². The number of fused-ring (bicyclic) bond motifs is 1. The number of rotatable bonds is 5. The molecule has 6 heteroatoms. The van der Waals surface area contributed by atoms with Crippen LogP contribution in [-0.4, -0.2) is 41.3 Å². The summed E-state index contributed by atoms with van der Waals surface area (Å²) in [6.07, 6.45) is 1.75. The van der Waals surface area contributed by atoms with Gasteiger partial charge in [0, 0.05) is 28.1 Å². The lowest BCUT2D eigenvalue weighted by Gasteiger charge is -2.10. The molecule has 118 valence electrons. The number of nitrogens with zero attached hydrogens (tertiary/aromatic N) is 3. The first-order valence-corrected chi connectivity index (χ1v) is 9.08. The molecule has 23 heavy (non-hydrogen) atoms. The summed E-state index contributed by atoms with van der Waals surface area (Å²) < 4.78 is 0.942. The largest absolute Gasteiger partial charge is 0.309 e. The highest BCUT2D eigenvalue weighted by molar-refractivity contribution is 7.99. The third-order valence-corrected chi connectivity index (χ3v) is 5.38. The summed E-state index contributed by atoms with van der Waals surface area (Å²) in [7, 11) is 4.11. The van der Waals surface area contributed by atoms with E-state index < -0.39 is 0 Å². The van der Waals surface area contributed by atoms with Crippen LogP contribution in [0.3, 0.4) is 0 Å². The van der Waals surface area contributed by atoms with Crippen LogP contribution in [0.4, 0.5) is 0 Å². The first-order chi connectivity index (χ1) is 11.1. The van der Waals surface area contributed by atoms with Crippen molar-refractivity contribution in [1.29, 1.82) is 0 Å². The Labute approximate surface area is 143 Å². The Bertz CT molecular complexity index is 877. The molecule has 4 nitrogen and oxygen atoms in total. The molecule has 0 aliphatic carbocycles. The van der Waals surface area contributed by atoms with E-state index in [-0.39, 0.29) is 5.56 Å². The van der Waals surface area contributed by atoms with Gasteiger partial charge < -0.3 is 4.90 Å². The Morgan fingerprint density at radius 3 is 2.83 bits per heavy atom. The summed E-state index contributed by atoms with van der Waals surface area (Å²) in [6, 6.07) is 11.5. The fraction of sp³-hybridized carbons (Fsp3) is 0.235. The normalized spacial score (nSPS) is 11.3. The van der Waals surface area contributed by atoms with E-state index in [2.05, 4.69) is 29.0 Å². The van der Waals surface area contributed by atoms with Crippen molar-refractivity contribution in [2.45, 2.75) is 4.90 Å². The highest BCUT2D eigenvalue weighted by atomic mass is 32.2. The van der Waals surface area contributed by atoms with Gasteiger partial charge in [-0.3, -0.25) is 9.78 Å². The average Bonchev–Trinajstić information content (AvgIpc) is 2.55. The Morgan fingerprint density at radius 2 is 2.00 bits per heavy atom. The Balaban J connectivity index is 2.00. The van der Waals surface area contributed by atoms with Gasteiger partial charge in [-0.15, -0.1) is 23.1 Å². The summed E-state index contributed by atoms with van der Waals surface area (Å²) in [4.78, 5) is 24.2. The monoisotopic (exact) mass is 343 g/mol. The predicted octanol–water partition coefficient (Wildman–Crippen LogP) is 3.37. The van der Waals surface area contributed by atoms with Crippen molar-refractivity contribution in [1.82, 2.24) is 14.9 Å². The van der Waals surface area contributed by atoms with Crippen molar-refractivity contribution in [3.63, 3.8) is 0 Å². The van der Waals surface area contributed by atoms with Crippen LogP contribution in [0.2, 0.25) is 0 Å². The molecule has 0 bridgehead atoms. The molecule has 0 atom stereocenters. The minimum Gasteiger partial charge on any atom is -0.309 e. The molecule has 0 aliphatic rings. The van der Waals surface area contributed by atoms with Gasteiger partial charge in [0.05, 0.1) is 5.39 Å². The third kappa shape index (κ3) is 3.77. The molecule has 2 heterocycles. The van der Waals surface area contributed by atoms with Crippen LogP contribution in [0, 0.1) is 0 Å². The van der Waals surface area contributed by atoms with Crippen LogP contribution in [0.1, 0.15) is 0 Å². The molecular weight excluding hydrogens is 326 g/mol. The van der Waals surface area contributed by atoms with Crippen LogP contribution in [-0.2, 0) is 0 Å². The first kappa shape index (κ1) is 16.1. The van der Waals surface area contributed by atoms with Crippen molar-refractivity contribution in [2.24, 2.45) is 0 Å². The summed E-state index contributed by atoms with van der Waals surface area (Å²) in [5.41, 5.74) is 0.605. The van der Waals surface area contributed by atoms with E-state index >= 15 is 0 Å². The Hall–Kier alpha value is -1.76. The van der Waals surface area contributed by atoms with E-state index in [4.69, 9.17) is 0 Å². The van der Waals surface area contributed by atoms with Crippen molar-refractivity contribution in [3.05, 3.63) is 52.9 Å². The number of benzene rings is 1. The van der Waals surface area contributed by atoms with Crippen molar-refractivity contribution in [2.75, 3.05) is 26.4 Å². The Morgan fingerprint density at radius 1 is 1.17 bits per heavy atom. The fourth-order valence-electron chi connectivity index (χ4n) is 2.12. The highest BCUT2D eigenvalue weighted by Gasteiger charge is 2.12. The molecule has 0 unspecified atom stereocenters. The van der Waals surface area contributed by atoms with Gasteiger partial charge in [-0.05, 0) is 38.4 Å². The van der Waals surface area contributed by atoms with Gasteiger partial charge in [0.15, 0.2) is 0 Å².